The van der Waals surface area contributed by atoms with Gasteiger partial charge in [-0.25, -0.2) is 13.4 Å². The maximum absolute atomic E-state index is 13.8. The monoisotopic (exact) mass is 401 g/mol. The lowest BCUT2D eigenvalue weighted by Crippen LogP contribution is -2.54. The van der Waals surface area contributed by atoms with Crippen LogP contribution in [-0.4, -0.2) is 54.9 Å². The fourth-order valence-corrected chi connectivity index (χ4v) is 6.07. The third-order valence-electron chi connectivity index (χ3n) is 4.98. The van der Waals surface area contributed by atoms with Crippen molar-refractivity contribution in [1.82, 2.24) is 4.98 Å². The van der Waals surface area contributed by atoms with Gasteiger partial charge in [-0.1, -0.05) is 32.4 Å². The molecule has 1 fully saturated rings. The van der Waals surface area contributed by atoms with E-state index >= 15 is 0 Å². The van der Waals surface area contributed by atoms with Crippen LogP contribution < -0.4 is 0 Å². The van der Waals surface area contributed by atoms with Crippen molar-refractivity contribution >= 4 is 56.1 Å². The van der Waals surface area contributed by atoms with Crippen molar-refractivity contribution < 1.29 is 17.6 Å². The molecule has 1 saturated heterocycles. The molecular weight excluding hydrogens is 382 g/mol. The maximum atomic E-state index is 13.8. The highest BCUT2D eigenvalue weighted by Crippen LogP contribution is 2.49. The lowest BCUT2D eigenvalue weighted by atomic mass is 9.36. The first kappa shape index (κ1) is 20.8. The molecule has 0 amide bonds. The van der Waals surface area contributed by atoms with Gasteiger partial charge in [-0.05, 0) is 25.0 Å². The van der Waals surface area contributed by atoms with Crippen molar-refractivity contribution in [3.05, 3.63) is 23.0 Å². The molecule has 0 unspecified atom stereocenters. The molecule has 6 radical (unpaired) electrons. The zero-order valence-corrected chi connectivity index (χ0v) is 17.2. The maximum Gasteiger partial charge on any atom is 0.200 e. The molecule has 2 aromatic rings. The number of fused-ring (bicyclic) bond motifs is 1. The summed E-state index contributed by atoms with van der Waals surface area (Å²) in [5, 5.41) is -1.98. The number of rotatable bonds is 3. The Balaban J connectivity index is 2.32. The van der Waals surface area contributed by atoms with E-state index in [9.17, 15) is 8.42 Å². The van der Waals surface area contributed by atoms with Gasteiger partial charge in [0.1, 0.15) is 10.4 Å². The molecular formula is C17H19B3ClNO4S. The van der Waals surface area contributed by atoms with Crippen molar-refractivity contribution in [1.29, 1.82) is 0 Å². The highest BCUT2D eigenvalue weighted by Gasteiger charge is 2.54. The van der Waals surface area contributed by atoms with Crippen LogP contribution in [0.5, 0.6) is 0 Å². The van der Waals surface area contributed by atoms with E-state index in [2.05, 4.69) is 4.98 Å². The fraction of sp³-hybridized carbons (Fsp3) is 0.588. The minimum Gasteiger partial charge on any atom is -0.439 e. The van der Waals surface area contributed by atoms with Crippen LogP contribution in [0.25, 0.3) is 11.1 Å². The Bertz CT molecular complexity index is 970. The van der Waals surface area contributed by atoms with E-state index in [-0.39, 0.29) is 41.6 Å². The van der Waals surface area contributed by atoms with E-state index in [4.69, 9.17) is 44.3 Å². The fourth-order valence-electron chi connectivity index (χ4n) is 3.35. The van der Waals surface area contributed by atoms with E-state index in [1.165, 1.54) is 6.07 Å². The Labute approximate surface area is 168 Å². The molecule has 0 saturated carbocycles. The number of sulfone groups is 1. The SMILES string of the molecule is [B]C([B])([B])C1(S(=O)(=O)c2c(Cl)ccc3nc(C(C)(C)C)oc23)CCOCC1. The summed E-state index contributed by atoms with van der Waals surface area (Å²) in [5.74, 6) is 0.400. The van der Waals surface area contributed by atoms with Crippen molar-refractivity contribution in [3.8, 4) is 0 Å². The second kappa shape index (κ2) is 6.56. The molecule has 1 aliphatic rings. The summed E-state index contributed by atoms with van der Waals surface area (Å²) in [6.07, 6.45) is 0.0949. The summed E-state index contributed by atoms with van der Waals surface area (Å²) in [5.41, 5.74) is 0.0618. The zero-order valence-electron chi connectivity index (χ0n) is 15.6. The van der Waals surface area contributed by atoms with Crippen LogP contribution in [0.2, 0.25) is 10.1 Å². The number of benzene rings is 1. The number of nitrogens with zero attached hydrogens (tertiary/aromatic N) is 1. The number of ether oxygens (including phenoxy) is 1. The largest absolute Gasteiger partial charge is 0.439 e. The molecule has 1 aromatic heterocycles. The molecule has 10 heteroatoms. The summed E-state index contributed by atoms with van der Waals surface area (Å²) in [6.45, 7) is 6.09. The van der Waals surface area contributed by atoms with E-state index < -0.39 is 25.1 Å². The van der Waals surface area contributed by atoms with Crippen LogP contribution in [0.15, 0.2) is 21.4 Å². The van der Waals surface area contributed by atoms with E-state index in [0.717, 1.165) is 0 Å². The van der Waals surface area contributed by atoms with Crippen LogP contribution in [0.4, 0.5) is 0 Å². The Hall–Kier alpha value is -0.915. The van der Waals surface area contributed by atoms with Gasteiger partial charge < -0.3 is 9.15 Å². The van der Waals surface area contributed by atoms with Crippen molar-refractivity contribution in [3.63, 3.8) is 0 Å². The van der Waals surface area contributed by atoms with Crippen LogP contribution in [-0.2, 0) is 20.0 Å². The molecule has 5 nitrogen and oxygen atoms in total. The minimum atomic E-state index is -4.19. The normalized spacial score (nSPS) is 18.7. The standard InChI is InChI=1S/C17H19B3ClNO4S/c1-15(2,3)14-22-11-5-4-10(21)13(12(11)26-14)27(23,24)16(17(18,19)20)6-8-25-9-7-16/h4-5H,6-9H2,1-3H3. The molecule has 0 aliphatic carbocycles. The second-order valence-electron chi connectivity index (χ2n) is 8.04. The number of hydrogen-bond acceptors (Lipinski definition) is 5. The average molecular weight is 401 g/mol. The first-order valence-electron chi connectivity index (χ1n) is 8.60. The van der Waals surface area contributed by atoms with Gasteiger partial charge in [-0.2, -0.15) is 0 Å². The van der Waals surface area contributed by atoms with Crippen LogP contribution >= 0.6 is 11.6 Å². The summed E-state index contributed by atoms with van der Waals surface area (Å²) < 4.78 is 37.1. The Kier molecular flexibility index (Phi) is 5.06. The van der Waals surface area contributed by atoms with Gasteiger partial charge in [0.05, 0.1) is 33.3 Å². The van der Waals surface area contributed by atoms with Crippen molar-refractivity contribution in [2.75, 3.05) is 13.2 Å². The number of aromatic nitrogens is 1. The quantitative estimate of drug-likeness (QED) is 0.740. The minimum absolute atomic E-state index is 0.00854. The Morgan fingerprint density at radius 1 is 1.15 bits per heavy atom. The molecule has 138 valence electrons. The number of oxazole rings is 1. The molecule has 3 rings (SSSR count). The van der Waals surface area contributed by atoms with Gasteiger partial charge in [0, 0.05) is 18.6 Å². The lowest BCUT2D eigenvalue weighted by molar-refractivity contribution is 0.0747. The summed E-state index contributed by atoms with van der Waals surface area (Å²) in [7, 11) is 13.7. The molecule has 0 N–H and O–H groups in total. The van der Waals surface area contributed by atoms with E-state index in [1.807, 2.05) is 20.8 Å². The van der Waals surface area contributed by atoms with Gasteiger partial charge in [0.2, 0.25) is 5.89 Å². The number of halogens is 1. The Morgan fingerprint density at radius 3 is 2.26 bits per heavy atom. The summed E-state index contributed by atoms with van der Waals surface area (Å²) >= 11 is 6.32. The lowest BCUT2D eigenvalue weighted by Gasteiger charge is -2.47. The highest BCUT2D eigenvalue weighted by molar-refractivity contribution is 7.93. The molecule has 2 heterocycles. The van der Waals surface area contributed by atoms with Gasteiger partial charge in [-0.3, -0.25) is 0 Å². The Morgan fingerprint density at radius 2 is 1.74 bits per heavy atom. The summed E-state index contributed by atoms with van der Waals surface area (Å²) in [4.78, 5) is 4.24. The summed E-state index contributed by atoms with van der Waals surface area (Å²) in [6, 6.07) is 3.09. The molecule has 0 atom stereocenters. The van der Waals surface area contributed by atoms with E-state index in [1.54, 1.807) is 6.07 Å². The van der Waals surface area contributed by atoms with Crippen molar-refractivity contribution in [2.45, 2.75) is 53.8 Å². The van der Waals surface area contributed by atoms with Gasteiger partial charge >= 0.3 is 0 Å². The van der Waals surface area contributed by atoms with Crippen LogP contribution in [0.1, 0.15) is 39.5 Å². The average Bonchev–Trinajstić information content (AvgIpc) is 2.98. The van der Waals surface area contributed by atoms with E-state index in [0.29, 0.717) is 11.4 Å². The number of hydrogen-bond donors (Lipinski definition) is 0. The predicted octanol–water partition coefficient (Wildman–Crippen LogP) is 2.68. The van der Waals surface area contributed by atoms with Gasteiger partial charge in [0.25, 0.3) is 0 Å². The molecule has 1 aliphatic heterocycles. The van der Waals surface area contributed by atoms with Crippen LogP contribution in [0, 0.1) is 0 Å². The third kappa shape index (κ3) is 3.26. The molecule has 1 aromatic carbocycles. The smallest absolute Gasteiger partial charge is 0.200 e. The molecule has 27 heavy (non-hydrogen) atoms. The predicted molar refractivity (Wildman–Crippen MR) is 108 cm³/mol. The molecule has 0 bridgehead atoms. The topological polar surface area (TPSA) is 69.4 Å². The second-order valence-corrected chi connectivity index (χ2v) is 10.6. The first-order chi connectivity index (χ1) is 12.3. The molecule has 0 spiro atoms. The van der Waals surface area contributed by atoms with Crippen molar-refractivity contribution in [2.24, 2.45) is 0 Å². The van der Waals surface area contributed by atoms with Gasteiger partial charge in [0.15, 0.2) is 15.4 Å². The van der Waals surface area contributed by atoms with Crippen LogP contribution in [0.3, 0.4) is 0 Å². The first-order valence-corrected chi connectivity index (χ1v) is 10.5. The van der Waals surface area contributed by atoms with Gasteiger partial charge in [-0.15, -0.1) is 5.11 Å². The highest BCUT2D eigenvalue weighted by atomic mass is 35.5. The zero-order chi connectivity index (χ0) is 20.3. The third-order valence-corrected chi connectivity index (χ3v) is 8.14.